The maximum atomic E-state index is 12.8. The molecular formula is C27H34N6O5. The van der Waals surface area contributed by atoms with E-state index in [1.807, 2.05) is 26.8 Å². The van der Waals surface area contributed by atoms with E-state index in [4.69, 9.17) is 9.15 Å². The van der Waals surface area contributed by atoms with Crippen LogP contribution in [0.25, 0.3) is 22.8 Å². The predicted molar refractivity (Wildman–Crippen MR) is 139 cm³/mol. The fraction of sp³-hybridized carbons (Fsp3) is 0.481. The third kappa shape index (κ3) is 6.64. The van der Waals surface area contributed by atoms with Crippen LogP contribution < -0.4 is 10.6 Å². The molecule has 1 saturated carbocycles. The van der Waals surface area contributed by atoms with Crippen molar-refractivity contribution < 1.29 is 23.5 Å². The molecule has 1 aliphatic rings. The first-order valence-electron chi connectivity index (χ1n) is 12.7. The lowest BCUT2D eigenvalue weighted by atomic mass is 10.0. The van der Waals surface area contributed by atoms with E-state index in [9.17, 15) is 14.4 Å². The number of aromatic amines is 1. The first-order chi connectivity index (χ1) is 17.9. The second-order valence-electron chi connectivity index (χ2n) is 11.0. The SMILES string of the molecule is CC(C)[C@H](NC(=O)c1cnc(-c2cccc(-c3nnc(C(=O)N[C@@H](C)C4CC4)[nH]3)c2)o1)C(=O)OC(C)(C)C. The lowest BCUT2D eigenvalue weighted by molar-refractivity contribution is -0.158. The van der Waals surface area contributed by atoms with Crippen LogP contribution in [0.2, 0.25) is 0 Å². The Balaban J connectivity index is 1.45. The molecule has 11 nitrogen and oxygen atoms in total. The minimum absolute atomic E-state index is 0.0389. The van der Waals surface area contributed by atoms with Gasteiger partial charge in [0.1, 0.15) is 11.6 Å². The van der Waals surface area contributed by atoms with Gasteiger partial charge in [-0.2, -0.15) is 0 Å². The molecular weight excluding hydrogens is 488 g/mol. The molecule has 1 aliphatic carbocycles. The smallest absolute Gasteiger partial charge is 0.329 e. The number of benzene rings is 1. The molecule has 202 valence electrons. The third-order valence-corrected chi connectivity index (χ3v) is 6.12. The highest BCUT2D eigenvalue weighted by molar-refractivity contribution is 5.94. The molecule has 1 fully saturated rings. The molecule has 3 aromatic rings. The van der Waals surface area contributed by atoms with Crippen LogP contribution in [0, 0.1) is 11.8 Å². The minimum Gasteiger partial charge on any atom is -0.458 e. The van der Waals surface area contributed by atoms with Gasteiger partial charge in [-0.1, -0.05) is 26.0 Å². The molecule has 11 heteroatoms. The summed E-state index contributed by atoms with van der Waals surface area (Å²) in [6, 6.07) is 6.38. The van der Waals surface area contributed by atoms with Crippen LogP contribution in [-0.2, 0) is 9.53 Å². The monoisotopic (exact) mass is 522 g/mol. The van der Waals surface area contributed by atoms with Gasteiger partial charge in [0, 0.05) is 17.2 Å². The van der Waals surface area contributed by atoms with Crippen LogP contribution in [0.1, 0.15) is 75.6 Å². The Morgan fingerprint density at radius 2 is 1.76 bits per heavy atom. The number of nitrogens with zero attached hydrogens (tertiary/aromatic N) is 3. The summed E-state index contributed by atoms with van der Waals surface area (Å²) in [5, 5.41) is 13.7. The zero-order valence-corrected chi connectivity index (χ0v) is 22.5. The maximum absolute atomic E-state index is 12.8. The number of rotatable bonds is 9. The number of oxazole rings is 1. The molecule has 0 radical (unpaired) electrons. The Bertz CT molecular complexity index is 1320. The van der Waals surface area contributed by atoms with Crippen molar-refractivity contribution in [1.29, 1.82) is 0 Å². The van der Waals surface area contributed by atoms with E-state index < -0.39 is 23.5 Å². The fourth-order valence-electron chi connectivity index (χ4n) is 3.87. The number of hydrogen-bond acceptors (Lipinski definition) is 8. The number of amides is 2. The molecule has 2 atom stereocenters. The quantitative estimate of drug-likeness (QED) is 0.359. The van der Waals surface area contributed by atoms with Crippen LogP contribution >= 0.6 is 0 Å². The van der Waals surface area contributed by atoms with Crippen molar-refractivity contribution in [2.24, 2.45) is 11.8 Å². The average Bonchev–Trinajstić information content (AvgIpc) is 3.37. The Morgan fingerprint density at radius 1 is 1.05 bits per heavy atom. The molecule has 38 heavy (non-hydrogen) atoms. The topological polar surface area (TPSA) is 152 Å². The van der Waals surface area contributed by atoms with Crippen molar-refractivity contribution in [2.75, 3.05) is 0 Å². The van der Waals surface area contributed by atoms with E-state index >= 15 is 0 Å². The highest BCUT2D eigenvalue weighted by atomic mass is 16.6. The molecule has 0 aliphatic heterocycles. The van der Waals surface area contributed by atoms with Crippen molar-refractivity contribution in [3.05, 3.63) is 42.0 Å². The van der Waals surface area contributed by atoms with E-state index in [2.05, 4.69) is 30.8 Å². The highest BCUT2D eigenvalue weighted by Crippen LogP contribution is 2.32. The second-order valence-corrected chi connectivity index (χ2v) is 11.0. The number of aromatic nitrogens is 4. The molecule has 2 amide bonds. The molecule has 0 saturated heterocycles. The number of carbonyl (C=O) groups excluding carboxylic acids is 3. The van der Waals surface area contributed by atoms with Crippen LogP contribution in [0.4, 0.5) is 0 Å². The van der Waals surface area contributed by atoms with Gasteiger partial charge in [-0.3, -0.25) is 9.59 Å². The number of carbonyl (C=O) groups is 3. The molecule has 3 N–H and O–H groups in total. The Labute approximate surface area is 221 Å². The number of H-pyrrole nitrogens is 1. The van der Waals surface area contributed by atoms with Gasteiger partial charge in [0.25, 0.3) is 11.8 Å². The van der Waals surface area contributed by atoms with Gasteiger partial charge in [0.2, 0.25) is 17.5 Å². The van der Waals surface area contributed by atoms with E-state index in [-0.39, 0.29) is 35.3 Å². The van der Waals surface area contributed by atoms with Crippen molar-refractivity contribution in [2.45, 2.75) is 72.1 Å². The summed E-state index contributed by atoms with van der Waals surface area (Å²) in [5.74, 6) is -0.331. The Morgan fingerprint density at radius 3 is 2.42 bits per heavy atom. The third-order valence-electron chi connectivity index (χ3n) is 6.12. The van der Waals surface area contributed by atoms with E-state index in [0.717, 1.165) is 12.8 Å². The van der Waals surface area contributed by atoms with Crippen molar-refractivity contribution >= 4 is 17.8 Å². The number of ether oxygens (including phenoxy) is 1. The predicted octanol–water partition coefficient (Wildman–Crippen LogP) is 3.75. The summed E-state index contributed by atoms with van der Waals surface area (Å²) in [5.41, 5.74) is 0.583. The molecule has 0 bridgehead atoms. The van der Waals surface area contributed by atoms with Gasteiger partial charge in [0.15, 0.2) is 5.82 Å². The summed E-state index contributed by atoms with van der Waals surface area (Å²) in [7, 11) is 0. The largest absolute Gasteiger partial charge is 0.458 e. The summed E-state index contributed by atoms with van der Waals surface area (Å²) < 4.78 is 11.2. The summed E-state index contributed by atoms with van der Waals surface area (Å²) in [6.07, 6.45) is 3.56. The first kappa shape index (κ1) is 27.0. The van der Waals surface area contributed by atoms with Crippen molar-refractivity contribution in [3.8, 4) is 22.8 Å². The molecule has 0 unspecified atom stereocenters. The molecule has 0 spiro atoms. The number of hydrogen-bond donors (Lipinski definition) is 3. The van der Waals surface area contributed by atoms with E-state index in [1.54, 1.807) is 39.0 Å². The minimum atomic E-state index is -0.844. The van der Waals surface area contributed by atoms with E-state index in [0.29, 0.717) is 22.9 Å². The summed E-state index contributed by atoms with van der Waals surface area (Å²) >= 11 is 0. The Hall–Kier alpha value is -4.02. The summed E-state index contributed by atoms with van der Waals surface area (Å²) in [4.78, 5) is 45.1. The molecule has 4 rings (SSSR count). The normalized spacial score (nSPS) is 15.1. The molecule has 2 heterocycles. The molecule has 2 aromatic heterocycles. The number of nitrogens with one attached hydrogen (secondary N) is 3. The highest BCUT2D eigenvalue weighted by Gasteiger charge is 2.31. The van der Waals surface area contributed by atoms with Gasteiger partial charge in [0.05, 0.1) is 6.20 Å². The van der Waals surface area contributed by atoms with Gasteiger partial charge in [-0.15, -0.1) is 10.2 Å². The van der Waals surface area contributed by atoms with E-state index in [1.165, 1.54) is 6.20 Å². The van der Waals surface area contributed by atoms with Crippen LogP contribution in [0.3, 0.4) is 0 Å². The summed E-state index contributed by atoms with van der Waals surface area (Å²) in [6.45, 7) is 10.9. The molecule has 1 aromatic carbocycles. The van der Waals surface area contributed by atoms with Gasteiger partial charge in [-0.05, 0) is 64.5 Å². The fourth-order valence-corrected chi connectivity index (χ4v) is 3.87. The average molecular weight is 523 g/mol. The zero-order valence-electron chi connectivity index (χ0n) is 22.5. The van der Waals surface area contributed by atoms with Crippen molar-refractivity contribution in [3.63, 3.8) is 0 Å². The lowest BCUT2D eigenvalue weighted by Gasteiger charge is -2.26. The van der Waals surface area contributed by atoms with Gasteiger partial charge in [-0.25, -0.2) is 9.78 Å². The lowest BCUT2D eigenvalue weighted by Crippen LogP contribution is -2.47. The second kappa shape index (κ2) is 10.8. The van der Waals surface area contributed by atoms with Crippen LogP contribution in [0.5, 0.6) is 0 Å². The first-order valence-corrected chi connectivity index (χ1v) is 12.7. The number of esters is 1. The standard InChI is InChI=1S/C27H34N6O5/c1-14(2)20(26(36)38-27(4,5)6)30-23(34)19-13-28-25(37-19)18-9-7-8-17(12-18)21-31-22(33-32-21)24(35)29-15(3)16-10-11-16/h7-9,12-16,20H,10-11H2,1-6H3,(H,29,35)(H,30,34)(H,31,32,33)/t15-,20-/m0/s1. The Kier molecular flexibility index (Phi) is 7.66. The van der Waals surface area contributed by atoms with Gasteiger partial charge < -0.3 is 24.8 Å². The maximum Gasteiger partial charge on any atom is 0.329 e. The van der Waals surface area contributed by atoms with Crippen molar-refractivity contribution in [1.82, 2.24) is 30.8 Å². The van der Waals surface area contributed by atoms with Crippen LogP contribution in [0.15, 0.2) is 34.9 Å². The van der Waals surface area contributed by atoms with Crippen LogP contribution in [-0.4, -0.2) is 55.6 Å². The van der Waals surface area contributed by atoms with Gasteiger partial charge >= 0.3 is 5.97 Å². The zero-order chi connectivity index (χ0) is 27.6.